The van der Waals surface area contributed by atoms with Crippen molar-refractivity contribution in [2.75, 3.05) is 13.7 Å². The molecule has 6 heteroatoms. The van der Waals surface area contributed by atoms with Gasteiger partial charge in [-0.05, 0) is 36.2 Å². The molecule has 2 aromatic carbocycles. The average molecular weight is 354 g/mol. The number of nitrogens with one attached hydrogen (secondary N) is 2. The minimum atomic E-state index is -0.791. The predicted octanol–water partition coefficient (Wildman–Crippen LogP) is 2.37. The van der Waals surface area contributed by atoms with E-state index >= 15 is 0 Å². The second-order valence-corrected chi connectivity index (χ2v) is 6.25. The first-order valence-corrected chi connectivity index (χ1v) is 8.37. The third-order valence-corrected chi connectivity index (χ3v) is 4.36. The average Bonchev–Trinajstić information content (AvgIpc) is 2.63. The highest BCUT2D eigenvalue weighted by molar-refractivity contribution is 5.87. The number of H-pyrrole nitrogens is 1. The lowest BCUT2D eigenvalue weighted by molar-refractivity contribution is 0.175. The number of aromatic amines is 1. The summed E-state index contributed by atoms with van der Waals surface area (Å²) < 4.78 is 5.39. The number of hydrogen-bond donors (Lipinski definition) is 4. The molecule has 0 aliphatic carbocycles. The van der Waals surface area contributed by atoms with Gasteiger partial charge in [0.25, 0.3) is 0 Å². The van der Waals surface area contributed by atoms with E-state index in [1.54, 1.807) is 19.2 Å². The molecule has 3 aromatic rings. The molecule has 0 bridgehead atoms. The number of phenols is 1. The standard InChI is InChI=1S/C20H22N2O4/c1-12-3-4-13(18(9-12)26-2)10-21-11-17(24)14-5-7-16(23)20-15(14)6-8-19(25)22-20/h3-9,17,21,23-24H,10-11H2,1-2H3,(H,22,25)/t17-/m0/s1. The highest BCUT2D eigenvalue weighted by Crippen LogP contribution is 2.28. The van der Waals surface area contributed by atoms with Crippen LogP contribution in [-0.2, 0) is 6.54 Å². The van der Waals surface area contributed by atoms with Crippen LogP contribution in [0.3, 0.4) is 0 Å². The Hall–Kier alpha value is -2.83. The van der Waals surface area contributed by atoms with E-state index in [4.69, 9.17) is 4.74 Å². The number of phenolic OH excluding ortho intramolecular Hbond substituents is 1. The van der Waals surface area contributed by atoms with Crippen LogP contribution in [0.25, 0.3) is 10.9 Å². The second-order valence-electron chi connectivity index (χ2n) is 6.25. The molecule has 136 valence electrons. The van der Waals surface area contributed by atoms with Crippen molar-refractivity contribution in [2.45, 2.75) is 19.6 Å². The minimum absolute atomic E-state index is 0.0222. The molecule has 0 aliphatic rings. The highest BCUT2D eigenvalue weighted by atomic mass is 16.5. The summed E-state index contributed by atoms with van der Waals surface area (Å²) in [6, 6.07) is 12.1. The summed E-state index contributed by atoms with van der Waals surface area (Å²) in [6.45, 7) is 2.87. The summed E-state index contributed by atoms with van der Waals surface area (Å²) in [5.74, 6) is 0.783. The number of aliphatic hydroxyl groups is 1. The SMILES string of the molecule is COc1cc(C)ccc1CNC[C@H](O)c1ccc(O)c2[nH]c(=O)ccc12. The van der Waals surface area contributed by atoms with E-state index in [2.05, 4.69) is 10.3 Å². The van der Waals surface area contributed by atoms with Crippen LogP contribution in [0.4, 0.5) is 0 Å². The molecular weight excluding hydrogens is 332 g/mol. The van der Waals surface area contributed by atoms with Crippen molar-refractivity contribution in [3.8, 4) is 11.5 Å². The third kappa shape index (κ3) is 3.71. The van der Waals surface area contributed by atoms with Crippen LogP contribution in [0.15, 0.2) is 47.3 Å². The summed E-state index contributed by atoms with van der Waals surface area (Å²) in [5, 5.41) is 24.3. The van der Waals surface area contributed by atoms with Gasteiger partial charge in [-0.2, -0.15) is 0 Å². The van der Waals surface area contributed by atoms with Gasteiger partial charge in [0.1, 0.15) is 11.5 Å². The number of benzene rings is 2. The minimum Gasteiger partial charge on any atom is -0.506 e. The Labute approximate surface area is 151 Å². The van der Waals surface area contributed by atoms with Crippen molar-refractivity contribution in [3.63, 3.8) is 0 Å². The molecule has 6 nitrogen and oxygen atoms in total. The Kier molecular flexibility index (Phi) is 5.25. The van der Waals surface area contributed by atoms with Gasteiger partial charge in [-0.3, -0.25) is 4.79 Å². The monoisotopic (exact) mass is 354 g/mol. The number of aliphatic hydroxyl groups excluding tert-OH is 1. The molecule has 3 rings (SSSR count). The summed E-state index contributed by atoms with van der Waals surface area (Å²) in [5.41, 5.74) is 2.79. The van der Waals surface area contributed by atoms with E-state index in [0.717, 1.165) is 16.9 Å². The van der Waals surface area contributed by atoms with E-state index < -0.39 is 6.10 Å². The second kappa shape index (κ2) is 7.59. The van der Waals surface area contributed by atoms with Crippen LogP contribution < -0.4 is 15.6 Å². The number of methoxy groups -OCH3 is 1. The fraction of sp³-hybridized carbons (Fsp3) is 0.250. The van der Waals surface area contributed by atoms with E-state index in [0.29, 0.717) is 29.6 Å². The molecule has 0 saturated carbocycles. The van der Waals surface area contributed by atoms with Gasteiger partial charge in [0, 0.05) is 30.1 Å². The number of ether oxygens (including phenoxy) is 1. The summed E-state index contributed by atoms with van der Waals surface area (Å²) in [6.07, 6.45) is -0.791. The number of hydrogen-bond acceptors (Lipinski definition) is 5. The number of fused-ring (bicyclic) bond motifs is 1. The quantitative estimate of drug-likeness (QED) is 0.545. The van der Waals surface area contributed by atoms with Crippen molar-refractivity contribution in [1.82, 2.24) is 10.3 Å². The summed E-state index contributed by atoms with van der Waals surface area (Å²) >= 11 is 0. The molecule has 0 amide bonds. The van der Waals surface area contributed by atoms with E-state index in [9.17, 15) is 15.0 Å². The van der Waals surface area contributed by atoms with Crippen LogP contribution in [0, 0.1) is 6.92 Å². The largest absolute Gasteiger partial charge is 0.506 e. The van der Waals surface area contributed by atoms with E-state index in [1.807, 2.05) is 25.1 Å². The van der Waals surface area contributed by atoms with Crippen molar-refractivity contribution < 1.29 is 14.9 Å². The number of pyridine rings is 1. The van der Waals surface area contributed by atoms with Crippen LogP contribution in [0.1, 0.15) is 22.8 Å². The maximum atomic E-state index is 11.5. The first-order chi connectivity index (χ1) is 12.5. The molecule has 0 radical (unpaired) electrons. The zero-order chi connectivity index (χ0) is 18.7. The van der Waals surface area contributed by atoms with Gasteiger partial charge in [0.2, 0.25) is 5.56 Å². The van der Waals surface area contributed by atoms with Crippen molar-refractivity contribution >= 4 is 10.9 Å². The smallest absolute Gasteiger partial charge is 0.248 e. The van der Waals surface area contributed by atoms with Gasteiger partial charge in [-0.25, -0.2) is 0 Å². The van der Waals surface area contributed by atoms with Crippen molar-refractivity contribution in [1.29, 1.82) is 0 Å². The summed E-state index contributed by atoms with van der Waals surface area (Å²) in [4.78, 5) is 14.1. The third-order valence-electron chi connectivity index (χ3n) is 4.36. The zero-order valence-electron chi connectivity index (χ0n) is 14.7. The molecule has 0 unspecified atom stereocenters. The van der Waals surface area contributed by atoms with Gasteiger partial charge >= 0.3 is 0 Å². The van der Waals surface area contributed by atoms with Crippen LogP contribution in [-0.4, -0.2) is 28.9 Å². The molecule has 1 aromatic heterocycles. The normalized spacial score (nSPS) is 12.3. The van der Waals surface area contributed by atoms with Gasteiger partial charge in [-0.15, -0.1) is 0 Å². The Morgan fingerprint density at radius 1 is 1.19 bits per heavy atom. The Morgan fingerprint density at radius 3 is 2.77 bits per heavy atom. The van der Waals surface area contributed by atoms with Gasteiger partial charge < -0.3 is 25.3 Å². The molecule has 0 saturated heterocycles. The number of rotatable bonds is 6. The van der Waals surface area contributed by atoms with Gasteiger partial charge in [0.05, 0.1) is 18.7 Å². The van der Waals surface area contributed by atoms with Crippen LogP contribution in [0.2, 0.25) is 0 Å². The molecule has 0 aliphatic heterocycles. The van der Waals surface area contributed by atoms with Crippen molar-refractivity contribution in [3.05, 3.63) is 69.5 Å². The predicted molar refractivity (Wildman–Crippen MR) is 101 cm³/mol. The van der Waals surface area contributed by atoms with Crippen molar-refractivity contribution in [2.24, 2.45) is 0 Å². The Balaban J connectivity index is 1.75. The van der Waals surface area contributed by atoms with Crippen LogP contribution in [0.5, 0.6) is 11.5 Å². The fourth-order valence-electron chi connectivity index (χ4n) is 3.00. The van der Waals surface area contributed by atoms with E-state index in [-0.39, 0.29) is 11.3 Å². The Bertz CT molecular complexity index is 981. The first kappa shape index (κ1) is 18.0. The van der Waals surface area contributed by atoms with Gasteiger partial charge in [-0.1, -0.05) is 18.2 Å². The maximum Gasteiger partial charge on any atom is 0.248 e. The number of aromatic hydroxyl groups is 1. The van der Waals surface area contributed by atoms with E-state index in [1.165, 1.54) is 12.1 Å². The summed E-state index contributed by atoms with van der Waals surface area (Å²) in [7, 11) is 1.64. The highest BCUT2D eigenvalue weighted by Gasteiger charge is 2.14. The lowest BCUT2D eigenvalue weighted by Crippen LogP contribution is -2.21. The zero-order valence-corrected chi connectivity index (χ0v) is 14.7. The number of aromatic nitrogens is 1. The molecule has 0 fully saturated rings. The molecular formula is C20H22N2O4. The fourth-order valence-corrected chi connectivity index (χ4v) is 3.00. The maximum absolute atomic E-state index is 11.5. The molecule has 1 atom stereocenters. The van der Waals surface area contributed by atoms with Crippen LogP contribution >= 0.6 is 0 Å². The topological polar surface area (TPSA) is 94.6 Å². The lowest BCUT2D eigenvalue weighted by Gasteiger charge is -2.16. The number of aryl methyl sites for hydroxylation is 1. The molecule has 0 spiro atoms. The molecule has 1 heterocycles. The molecule has 4 N–H and O–H groups in total. The lowest BCUT2D eigenvalue weighted by atomic mass is 10.0. The van der Waals surface area contributed by atoms with Gasteiger partial charge in [0.15, 0.2) is 0 Å². The Morgan fingerprint density at radius 2 is 2.00 bits per heavy atom. The molecule has 26 heavy (non-hydrogen) atoms. The first-order valence-electron chi connectivity index (χ1n) is 8.37.